The highest BCUT2D eigenvalue weighted by Gasteiger charge is 2.21. The maximum absolute atomic E-state index is 12.7. The highest BCUT2D eigenvalue weighted by atomic mass is 32.1. The van der Waals surface area contributed by atoms with Crippen LogP contribution in [0.5, 0.6) is 5.75 Å². The Morgan fingerprint density at radius 2 is 1.90 bits per heavy atom. The summed E-state index contributed by atoms with van der Waals surface area (Å²) in [5, 5.41) is 17.3. The first-order valence-electron chi connectivity index (χ1n) is 8.91. The maximum atomic E-state index is 12.7. The van der Waals surface area contributed by atoms with Gasteiger partial charge in [0.15, 0.2) is 5.13 Å². The lowest BCUT2D eigenvalue weighted by molar-refractivity contribution is -0.137. The van der Waals surface area contributed by atoms with Crippen molar-refractivity contribution in [3.8, 4) is 5.75 Å². The lowest BCUT2D eigenvalue weighted by Crippen LogP contribution is -2.30. The zero-order valence-electron chi connectivity index (χ0n) is 16.0. The number of hydrogen-bond donors (Lipinski definition) is 3. The molecular formula is C21H21N3O4S. The summed E-state index contributed by atoms with van der Waals surface area (Å²) in [5.41, 5.74) is 2.64. The minimum Gasteiger partial charge on any atom is -0.495 e. The number of hydrogen-bond acceptors (Lipinski definition) is 6. The smallest absolute Gasteiger partial charge is 0.305 e. The topological polar surface area (TPSA) is 101 Å². The summed E-state index contributed by atoms with van der Waals surface area (Å²) < 4.78 is 5.30. The molecule has 29 heavy (non-hydrogen) atoms. The summed E-state index contributed by atoms with van der Waals surface area (Å²) in [6.45, 7) is 1.88. The molecular weight excluding hydrogens is 390 g/mol. The minimum absolute atomic E-state index is 0.215. The molecule has 1 amide bonds. The number of carboxylic acids is 1. The van der Waals surface area contributed by atoms with E-state index >= 15 is 0 Å². The lowest BCUT2D eigenvalue weighted by Gasteiger charge is -2.18. The Hall–Kier alpha value is -3.39. The molecule has 0 unspecified atom stereocenters. The molecule has 150 valence electrons. The molecule has 2 aromatic carbocycles. The molecule has 3 rings (SSSR count). The summed E-state index contributed by atoms with van der Waals surface area (Å²) in [6.07, 6.45) is -0.215. The number of nitrogens with one attached hydrogen (secondary N) is 2. The number of amides is 1. The third kappa shape index (κ3) is 5.11. The number of carboxylic acid groups (broad SMARTS) is 1. The molecule has 0 bridgehead atoms. The van der Waals surface area contributed by atoms with Crippen molar-refractivity contribution in [3.63, 3.8) is 0 Å². The van der Waals surface area contributed by atoms with Crippen LogP contribution < -0.4 is 15.4 Å². The summed E-state index contributed by atoms with van der Waals surface area (Å²) in [5.74, 6) is -0.756. The van der Waals surface area contributed by atoms with E-state index in [9.17, 15) is 14.7 Å². The Labute approximate surface area is 172 Å². The van der Waals surface area contributed by atoms with Crippen LogP contribution in [0, 0.1) is 6.92 Å². The van der Waals surface area contributed by atoms with Gasteiger partial charge in [0.1, 0.15) is 11.4 Å². The van der Waals surface area contributed by atoms with E-state index in [2.05, 4.69) is 15.6 Å². The van der Waals surface area contributed by atoms with Gasteiger partial charge in [0.05, 0.1) is 25.3 Å². The fourth-order valence-electron chi connectivity index (χ4n) is 2.92. The van der Waals surface area contributed by atoms with Crippen molar-refractivity contribution in [3.05, 3.63) is 70.7 Å². The van der Waals surface area contributed by atoms with E-state index in [1.807, 2.05) is 55.5 Å². The first kappa shape index (κ1) is 20.3. The number of anilines is 2. The van der Waals surface area contributed by atoms with Crippen molar-refractivity contribution in [1.82, 2.24) is 10.3 Å². The molecule has 1 atom stereocenters. The van der Waals surface area contributed by atoms with Crippen molar-refractivity contribution in [1.29, 1.82) is 0 Å². The second kappa shape index (κ2) is 9.20. The molecule has 0 saturated carbocycles. The highest BCUT2D eigenvalue weighted by molar-refractivity contribution is 7.14. The quantitative estimate of drug-likeness (QED) is 0.515. The first-order valence-corrected chi connectivity index (χ1v) is 9.79. The number of nitrogens with zero attached hydrogens (tertiary/aromatic N) is 1. The van der Waals surface area contributed by atoms with Crippen LogP contribution in [-0.4, -0.2) is 29.1 Å². The predicted molar refractivity (Wildman–Crippen MR) is 112 cm³/mol. The van der Waals surface area contributed by atoms with Gasteiger partial charge in [0, 0.05) is 5.38 Å². The van der Waals surface area contributed by atoms with Crippen molar-refractivity contribution in [2.75, 3.05) is 12.4 Å². The van der Waals surface area contributed by atoms with E-state index < -0.39 is 17.9 Å². The first-order chi connectivity index (χ1) is 14.0. The molecule has 8 heteroatoms. The van der Waals surface area contributed by atoms with Crippen LogP contribution in [0.15, 0.2) is 53.9 Å². The van der Waals surface area contributed by atoms with Gasteiger partial charge in [-0.1, -0.05) is 36.4 Å². The molecule has 0 spiro atoms. The van der Waals surface area contributed by atoms with Crippen molar-refractivity contribution >= 4 is 34.0 Å². The molecule has 1 aromatic heterocycles. The van der Waals surface area contributed by atoms with Crippen LogP contribution in [0.4, 0.5) is 10.8 Å². The average Bonchev–Trinajstić information content (AvgIpc) is 3.16. The largest absolute Gasteiger partial charge is 0.495 e. The predicted octanol–water partition coefficient (Wildman–Crippen LogP) is 4.15. The van der Waals surface area contributed by atoms with Crippen molar-refractivity contribution in [2.45, 2.75) is 19.4 Å². The average molecular weight is 411 g/mol. The van der Waals surface area contributed by atoms with Gasteiger partial charge in [-0.25, -0.2) is 4.98 Å². The molecule has 0 aliphatic heterocycles. The molecule has 0 aliphatic carbocycles. The molecule has 0 radical (unpaired) electrons. The summed E-state index contributed by atoms with van der Waals surface area (Å²) in [7, 11) is 1.58. The third-order valence-corrected chi connectivity index (χ3v) is 5.09. The number of thiazole rings is 1. The number of rotatable bonds is 8. The Morgan fingerprint density at radius 3 is 2.62 bits per heavy atom. The molecule has 7 nitrogen and oxygen atoms in total. The second-order valence-electron chi connectivity index (χ2n) is 6.34. The van der Waals surface area contributed by atoms with Crippen LogP contribution in [-0.2, 0) is 4.79 Å². The van der Waals surface area contributed by atoms with E-state index in [-0.39, 0.29) is 12.1 Å². The van der Waals surface area contributed by atoms with Crippen LogP contribution >= 0.6 is 11.3 Å². The number of carbonyl (C=O) groups is 2. The van der Waals surface area contributed by atoms with Crippen LogP contribution in [0.25, 0.3) is 0 Å². The lowest BCUT2D eigenvalue weighted by atomic mass is 9.98. The molecule has 3 aromatic rings. The number of aryl methyl sites for hydroxylation is 1. The van der Waals surface area contributed by atoms with Gasteiger partial charge in [-0.05, 0) is 30.2 Å². The van der Waals surface area contributed by atoms with E-state index in [0.717, 1.165) is 16.8 Å². The van der Waals surface area contributed by atoms with Crippen LogP contribution in [0.3, 0.4) is 0 Å². The summed E-state index contributed by atoms with van der Waals surface area (Å²) >= 11 is 1.28. The number of benzene rings is 2. The van der Waals surface area contributed by atoms with Gasteiger partial charge >= 0.3 is 5.97 Å². The Bertz CT molecular complexity index is 1020. The zero-order chi connectivity index (χ0) is 20.8. The summed E-state index contributed by atoms with van der Waals surface area (Å²) in [6, 6.07) is 14.1. The SMILES string of the molecule is COc1ccccc1Nc1nc(C(=O)N[C@@H](CC(=O)O)c2ccccc2C)cs1. The van der Waals surface area contributed by atoms with E-state index in [0.29, 0.717) is 10.9 Å². The number of ether oxygens (including phenoxy) is 1. The molecule has 1 heterocycles. The number of carbonyl (C=O) groups excluding carboxylic acids is 1. The van der Waals surface area contributed by atoms with E-state index in [1.54, 1.807) is 12.5 Å². The Kier molecular flexibility index (Phi) is 6.46. The second-order valence-corrected chi connectivity index (χ2v) is 7.20. The van der Waals surface area contributed by atoms with Gasteiger partial charge in [0.2, 0.25) is 0 Å². The van der Waals surface area contributed by atoms with E-state index in [1.165, 1.54) is 11.3 Å². The van der Waals surface area contributed by atoms with Gasteiger partial charge in [-0.3, -0.25) is 9.59 Å². The molecule has 3 N–H and O–H groups in total. The number of aliphatic carboxylic acids is 1. The zero-order valence-corrected chi connectivity index (χ0v) is 16.8. The van der Waals surface area contributed by atoms with Crippen LogP contribution in [0.2, 0.25) is 0 Å². The fourth-order valence-corrected chi connectivity index (χ4v) is 3.62. The Balaban J connectivity index is 1.76. The summed E-state index contributed by atoms with van der Waals surface area (Å²) in [4.78, 5) is 28.3. The molecule has 0 saturated heterocycles. The minimum atomic E-state index is -0.990. The van der Waals surface area contributed by atoms with Crippen molar-refractivity contribution in [2.24, 2.45) is 0 Å². The van der Waals surface area contributed by atoms with Gasteiger partial charge in [-0.2, -0.15) is 0 Å². The van der Waals surface area contributed by atoms with Crippen molar-refractivity contribution < 1.29 is 19.4 Å². The van der Waals surface area contributed by atoms with Gasteiger partial charge < -0.3 is 20.5 Å². The number of methoxy groups -OCH3 is 1. The number of para-hydroxylation sites is 2. The van der Waals surface area contributed by atoms with Gasteiger partial charge in [-0.15, -0.1) is 11.3 Å². The normalized spacial score (nSPS) is 11.5. The third-order valence-electron chi connectivity index (χ3n) is 4.33. The highest BCUT2D eigenvalue weighted by Crippen LogP contribution is 2.29. The van der Waals surface area contributed by atoms with Gasteiger partial charge in [0.25, 0.3) is 5.91 Å². The van der Waals surface area contributed by atoms with Crippen LogP contribution in [0.1, 0.15) is 34.1 Å². The maximum Gasteiger partial charge on any atom is 0.305 e. The van der Waals surface area contributed by atoms with E-state index in [4.69, 9.17) is 4.74 Å². The Morgan fingerprint density at radius 1 is 1.17 bits per heavy atom. The molecule has 0 aliphatic rings. The monoisotopic (exact) mass is 411 g/mol. The molecule has 0 fully saturated rings. The fraction of sp³-hybridized carbons (Fsp3) is 0.190. The number of aromatic nitrogens is 1. The standard InChI is InChI=1S/C21H21N3O4S/c1-13-7-3-4-8-14(13)16(11-19(25)26)22-20(27)17-12-29-21(24-17)23-15-9-5-6-10-18(15)28-2/h3-10,12,16H,11H2,1-2H3,(H,22,27)(H,23,24)(H,25,26)/t16-/m0/s1.